The number of aromatic nitrogens is 2. The van der Waals surface area contributed by atoms with Gasteiger partial charge in [-0.25, -0.2) is 4.39 Å². The zero-order chi connectivity index (χ0) is 24.6. The highest BCUT2D eigenvalue weighted by Crippen LogP contribution is 2.39. The lowest BCUT2D eigenvalue weighted by Gasteiger charge is -2.40. The Morgan fingerprint density at radius 2 is 1.91 bits per heavy atom. The Balaban J connectivity index is 1.61. The quantitative estimate of drug-likeness (QED) is 0.520. The lowest BCUT2D eigenvalue weighted by Crippen LogP contribution is -2.42. The summed E-state index contributed by atoms with van der Waals surface area (Å²) in [6.45, 7) is 2.46. The summed E-state index contributed by atoms with van der Waals surface area (Å²) in [5.41, 5.74) is -0.208. The normalized spacial score (nSPS) is 23.7. The average molecular weight is 506 g/mol. The first kappa shape index (κ1) is 23.9. The Hall–Kier alpha value is -2.78. The predicted octanol–water partition coefficient (Wildman–Crippen LogP) is 4.90. The lowest BCUT2D eigenvalue weighted by atomic mass is 9.95. The fourth-order valence-corrected chi connectivity index (χ4v) is 5.29. The standard InChI is InChI=1S/C25H27ClF3N5O/c1-32-11-2-3-23(32)17-13-21(22-14-30-9-10-31-22)24(33-12-8-18(27)16-33)34(15-17)19-4-6-20(7-5-19)35-25(26,28)29/h4-7,9-10,13-14,18,23H,2-3,8,11-12,15-16H2,1H3/t18?,23-/m1/s1. The van der Waals surface area contributed by atoms with Crippen LogP contribution in [0.25, 0.3) is 5.57 Å². The van der Waals surface area contributed by atoms with E-state index in [2.05, 4.69) is 37.6 Å². The van der Waals surface area contributed by atoms with Crippen LogP contribution in [0.3, 0.4) is 0 Å². The molecule has 5 rings (SSSR count). The molecule has 0 bridgehead atoms. The van der Waals surface area contributed by atoms with Crippen LogP contribution in [-0.2, 0) is 0 Å². The van der Waals surface area contributed by atoms with E-state index in [0.29, 0.717) is 25.2 Å². The summed E-state index contributed by atoms with van der Waals surface area (Å²) >= 11 is 4.93. The number of rotatable bonds is 6. The van der Waals surface area contributed by atoms with E-state index in [1.54, 1.807) is 30.7 Å². The number of alkyl halides is 4. The third-order valence-electron chi connectivity index (χ3n) is 6.77. The van der Waals surface area contributed by atoms with Crippen molar-refractivity contribution in [3.05, 3.63) is 66.0 Å². The number of benzene rings is 1. The van der Waals surface area contributed by atoms with Crippen LogP contribution in [0.1, 0.15) is 25.0 Å². The SMILES string of the molecule is CN1CCC[C@@H]1C1=CC(c2cnccn2)=C(N2CCC(F)C2)N(c2ccc(OC(F)(F)Cl)cc2)C1. The van der Waals surface area contributed by atoms with Gasteiger partial charge >= 0.3 is 5.57 Å². The largest absolute Gasteiger partial charge is 0.487 e. The molecule has 0 spiro atoms. The summed E-state index contributed by atoms with van der Waals surface area (Å²) in [5, 5.41) is 0. The van der Waals surface area contributed by atoms with Crippen LogP contribution in [0.15, 0.2) is 60.3 Å². The molecule has 3 aliphatic rings. The Kier molecular flexibility index (Phi) is 6.63. The predicted molar refractivity (Wildman–Crippen MR) is 129 cm³/mol. The van der Waals surface area contributed by atoms with Crippen LogP contribution < -0.4 is 9.64 Å². The van der Waals surface area contributed by atoms with E-state index >= 15 is 0 Å². The molecule has 0 saturated carbocycles. The minimum absolute atomic E-state index is 0.0401. The summed E-state index contributed by atoms with van der Waals surface area (Å²) in [5.74, 6) is 0.799. The van der Waals surface area contributed by atoms with Crippen molar-refractivity contribution in [2.24, 2.45) is 0 Å². The smallest absolute Gasteiger partial charge is 0.420 e. The van der Waals surface area contributed by atoms with Gasteiger partial charge in [-0.3, -0.25) is 14.9 Å². The third-order valence-corrected chi connectivity index (χ3v) is 6.84. The highest BCUT2D eigenvalue weighted by molar-refractivity contribution is 6.20. The number of ether oxygens (including phenoxy) is 1. The minimum Gasteiger partial charge on any atom is -0.420 e. The van der Waals surface area contributed by atoms with Gasteiger partial charge in [-0.15, -0.1) is 8.78 Å². The molecule has 0 amide bonds. The van der Waals surface area contributed by atoms with Gasteiger partial charge in [0.2, 0.25) is 0 Å². The molecular weight excluding hydrogens is 479 g/mol. The fourth-order valence-electron chi connectivity index (χ4n) is 5.20. The molecule has 10 heteroatoms. The van der Waals surface area contributed by atoms with Crippen molar-refractivity contribution in [1.29, 1.82) is 0 Å². The van der Waals surface area contributed by atoms with Crippen molar-refractivity contribution >= 4 is 22.9 Å². The van der Waals surface area contributed by atoms with E-state index in [-0.39, 0.29) is 18.3 Å². The van der Waals surface area contributed by atoms with E-state index in [1.165, 1.54) is 17.7 Å². The Morgan fingerprint density at radius 3 is 2.51 bits per heavy atom. The second-order valence-electron chi connectivity index (χ2n) is 9.15. The van der Waals surface area contributed by atoms with Crippen molar-refractivity contribution in [3.8, 4) is 5.75 Å². The maximum atomic E-state index is 14.3. The van der Waals surface area contributed by atoms with E-state index < -0.39 is 11.7 Å². The maximum absolute atomic E-state index is 14.3. The van der Waals surface area contributed by atoms with Crippen LogP contribution in [-0.4, -0.2) is 70.8 Å². The molecule has 186 valence electrons. The van der Waals surface area contributed by atoms with E-state index in [0.717, 1.165) is 36.5 Å². The summed E-state index contributed by atoms with van der Waals surface area (Å²) in [6.07, 6.45) is 8.86. The number of likely N-dealkylation sites (N-methyl/N-ethyl adjacent to an activating group) is 1. The number of allylic oxidation sites excluding steroid dienone is 2. The molecule has 1 aromatic carbocycles. The summed E-state index contributed by atoms with van der Waals surface area (Å²) in [4.78, 5) is 15.3. The van der Waals surface area contributed by atoms with Crippen molar-refractivity contribution in [2.45, 2.75) is 37.0 Å². The molecular formula is C25H27ClF3N5O. The Labute approximate surface area is 207 Å². The highest BCUT2D eigenvalue weighted by atomic mass is 35.5. The summed E-state index contributed by atoms with van der Waals surface area (Å²) in [6, 6.07) is 6.64. The number of likely N-dealkylation sites (tertiary alicyclic amines) is 2. The van der Waals surface area contributed by atoms with Gasteiger partial charge < -0.3 is 14.5 Å². The zero-order valence-corrected chi connectivity index (χ0v) is 20.1. The zero-order valence-electron chi connectivity index (χ0n) is 19.4. The molecule has 0 N–H and O–H groups in total. The minimum atomic E-state index is -3.79. The Morgan fingerprint density at radius 1 is 1.11 bits per heavy atom. The first-order valence-corrected chi connectivity index (χ1v) is 12.1. The topological polar surface area (TPSA) is 44.7 Å². The molecule has 0 aliphatic carbocycles. The van der Waals surface area contributed by atoms with Gasteiger partial charge in [0.05, 0.1) is 18.4 Å². The van der Waals surface area contributed by atoms with E-state index in [9.17, 15) is 13.2 Å². The molecule has 1 aromatic heterocycles. The molecule has 6 nitrogen and oxygen atoms in total. The summed E-state index contributed by atoms with van der Waals surface area (Å²) < 4.78 is 45.1. The van der Waals surface area contributed by atoms with Gasteiger partial charge in [0.15, 0.2) is 0 Å². The number of hydrogen-bond acceptors (Lipinski definition) is 6. The molecule has 35 heavy (non-hydrogen) atoms. The molecule has 3 aliphatic heterocycles. The van der Waals surface area contributed by atoms with Crippen molar-refractivity contribution < 1.29 is 17.9 Å². The van der Waals surface area contributed by atoms with Crippen LogP contribution in [0.5, 0.6) is 5.75 Å². The highest BCUT2D eigenvalue weighted by Gasteiger charge is 2.36. The first-order chi connectivity index (χ1) is 16.8. The van der Waals surface area contributed by atoms with Gasteiger partial charge in [-0.1, -0.05) is 0 Å². The van der Waals surface area contributed by atoms with Crippen LogP contribution in [0, 0.1) is 0 Å². The third kappa shape index (κ3) is 5.26. The van der Waals surface area contributed by atoms with Gasteiger partial charge in [0.1, 0.15) is 17.7 Å². The van der Waals surface area contributed by atoms with Gasteiger partial charge in [-0.2, -0.15) is 0 Å². The van der Waals surface area contributed by atoms with Crippen molar-refractivity contribution in [2.75, 3.05) is 38.1 Å². The molecule has 2 saturated heterocycles. The van der Waals surface area contributed by atoms with Crippen LogP contribution in [0.4, 0.5) is 18.9 Å². The van der Waals surface area contributed by atoms with Gasteiger partial charge in [-0.05, 0) is 68.8 Å². The summed E-state index contributed by atoms with van der Waals surface area (Å²) in [7, 11) is 2.12. The number of hydrogen-bond donors (Lipinski definition) is 0. The number of halogens is 4. The van der Waals surface area contributed by atoms with Gasteiger partial charge in [0, 0.05) is 54.4 Å². The van der Waals surface area contributed by atoms with E-state index in [1.807, 2.05) is 4.90 Å². The molecule has 2 aromatic rings. The fraction of sp³-hybridized carbons (Fsp3) is 0.440. The second kappa shape index (κ2) is 9.70. The second-order valence-corrected chi connectivity index (χ2v) is 9.59. The Bertz CT molecular complexity index is 1110. The van der Waals surface area contributed by atoms with Crippen molar-refractivity contribution in [1.82, 2.24) is 19.8 Å². The van der Waals surface area contributed by atoms with Crippen molar-refractivity contribution in [3.63, 3.8) is 0 Å². The molecule has 4 heterocycles. The van der Waals surface area contributed by atoms with E-state index in [4.69, 9.17) is 11.6 Å². The monoisotopic (exact) mass is 505 g/mol. The lowest BCUT2D eigenvalue weighted by molar-refractivity contribution is -0.0964. The molecule has 2 atom stereocenters. The molecule has 2 fully saturated rings. The van der Waals surface area contributed by atoms with Crippen LogP contribution in [0.2, 0.25) is 0 Å². The van der Waals surface area contributed by atoms with Crippen LogP contribution >= 0.6 is 11.6 Å². The first-order valence-electron chi connectivity index (χ1n) is 11.7. The average Bonchev–Trinajstić information content (AvgIpc) is 3.46. The number of nitrogens with zero attached hydrogens (tertiary/aromatic N) is 5. The van der Waals surface area contributed by atoms with Gasteiger partial charge in [0.25, 0.3) is 0 Å². The molecule has 0 radical (unpaired) electrons. The number of anilines is 1. The maximum Gasteiger partial charge on any atom is 0.487 e. The molecule has 1 unspecified atom stereocenters.